The van der Waals surface area contributed by atoms with E-state index in [1.54, 1.807) is 34.6 Å². The van der Waals surface area contributed by atoms with Gasteiger partial charge < -0.3 is 4.74 Å². The Hall–Kier alpha value is 0.01000. The van der Waals surface area contributed by atoms with Crippen LogP contribution in [0.25, 0.3) is 0 Å². The fourth-order valence-corrected chi connectivity index (χ4v) is 0.605. The van der Waals surface area contributed by atoms with Gasteiger partial charge >= 0.3 is 5.97 Å². The van der Waals surface area contributed by atoms with E-state index in [1.165, 1.54) is 0 Å². The second-order valence-electron chi connectivity index (χ2n) is 4.87. The maximum atomic E-state index is 11.4. The SMILES string of the molecule is CC(C)(C)C(=O)OCC(C)(C)N(Cl)Cl. The van der Waals surface area contributed by atoms with Gasteiger partial charge in [0.25, 0.3) is 0 Å². The predicted octanol–water partition coefficient (Wildman–Crippen LogP) is 2.96. The highest BCUT2D eigenvalue weighted by Gasteiger charge is 2.29. The number of hydrogen-bond acceptors (Lipinski definition) is 3. The van der Waals surface area contributed by atoms with Crippen LogP contribution in [0.2, 0.25) is 0 Å². The Morgan fingerprint density at radius 1 is 1.21 bits per heavy atom. The topological polar surface area (TPSA) is 29.5 Å². The zero-order valence-corrected chi connectivity index (χ0v) is 10.7. The number of ether oxygens (including phenoxy) is 1. The third-order valence-electron chi connectivity index (χ3n) is 1.63. The van der Waals surface area contributed by atoms with Crippen LogP contribution < -0.4 is 0 Å². The number of halogens is 2. The standard InChI is InChI=1S/C9H17Cl2NO2/c1-8(2,3)7(13)14-6-9(4,5)12(10)11/h6H2,1-5H3. The fourth-order valence-electron chi connectivity index (χ4n) is 0.507. The lowest BCUT2D eigenvalue weighted by molar-refractivity contribution is -0.155. The van der Waals surface area contributed by atoms with Crippen LogP contribution in [0, 0.1) is 5.41 Å². The highest BCUT2D eigenvalue weighted by atomic mass is 35.5. The van der Waals surface area contributed by atoms with Crippen molar-refractivity contribution in [3.63, 3.8) is 0 Å². The molecule has 0 heterocycles. The first kappa shape index (κ1) is 14.0. The number of carbonyl (C=O) groups is 1. The maximum absolute atomic E-state index is 11.4. The number of nitrogens with zero attached hydrogens (tertiary/aromatic N) is 1. The lowest BCUT2D eigenvalue weighted by atomic mass is 9.97. The summed E-state index contributed by atoms with van der Waals surface area (Å²) in [6, 6.07) is 0. The summed E-state index contributed by atoms with van der Waals surface area (Å²) >= 11 is 11.1. The first-order valence-electron chi connectivity index (χ1n) is 4.36. The molecule has 0 rings (SSSR count). The van der Waals surface area contributed by atoms with E-state index in [9.17, 15) is 4.79 Å². The molecule has 84 valence electrons. The van der Waals surface area contributed by atoms with Crippen molar-refractivity contribution in [2.75, 3.05) is 6.61 Å². The van der Waals surface area contributed by atoms with E-state index in [2.05, 4.69) is 0 Å². The summed E-state index contributed by atoms with van der Waals surface area (Å²) in [5.74, 6) is -0.263. The monoisotopic (exact) mass is 241 g/mol. The average Bonchev–Trinajstić information content (AvgIpc) is 1.98. The summed E-state index contributed by atoms with van der Waals surface area (Å²) in [6.07, 6.45) is 0. The Morgan fingerprint density at radius 2 is 1.64 bits per heavy atom. The van der Waals surface area contributed by atoms with Gasteiger partial charge in [0.2, 0.25) is 0 Å². The molecule has 0 aliphatic heterocycles. The lowest BCUT2D eigenvalue weighted by Gasteiger charge is -2.28. The Morgan fingerprint density at radius 3 is 1.93 bits per heavy atom. The van der Waals surface area contributed by atoms with Gasteiger partial charge in [-0.3, -0.25) is 4.79 Å². The molecule has 0 N–H and O–H groups in total. The summed E-state index contributed by atoms with van der Waals surface area (Å²) in [7, 11) is 0. The van der Waals surface area contributed by atoms with E-state index in [1.807, 2.05) is 0 Å². The van der Waals surface area contributed by atoms with E-state index in [0.29, 0.717) is 0 Å². The van der Waals surface area contributed by atoms with Crippen molar-refractivity contribution in [1.29, 1.82) is 0 Å². The van der Waals surface area contributed by atoms with Crippen LogP contribution in [0.15, 0.2) is 0 Å². The van der Waals surface area contributed by atoms with E-state index in [0.717, 1.165) is 3.94 Å². The minimum atomic E-state index is -0.579. The molecule has 0 saturated heterocycles. The fraction of sp³-hybridized carbons (Fsp3) is 0.889. The highest BCUT2D eigenvalue weighted by molar-refractivity contribution is 6.34. The largest absolute Gasteiger partial charge is 0.463 e. The third-order valence-corrected chi connectivity index (χ3v) is 2.54. The van der Waals surface area contributed by atoms with Crippen molar-refractivity contribution < 1.29 is 9.53 Å². The number of rotatable bonds is 3. The molecule has 0 aliphatic carbocycles. The summed E-state index contributed by atoms with van der Waals surface area (Å²) in [6.45, 7) is 9.10. The quantitative estimate of drug-likeness (QED) is 0.562. The molecule has 14 heavy (non-hydrogen) atoms. The highest BCUT2D eigenvalue weighted by Crippen LogP contribution is 2.22. The first-order chi connectivity index (χ1) is 6.07. The molecule has 0 bridgehead atoms. The van der Waals surface area contributed by atoms with Crippen molar-refractivity contribution in [3.05, 3.63) is 0 Å². The van der Waals surface area contributed by atoms with Crippen molar-refractivity contribution in [2.24, 2.45) is 5.41 Å². The van der Waals surface area contributed by atoms with E-state index >= 15 is 0 Å². The molecule has 0 amide bonds. The van der Waals surface area contributed by atoms with Gasteiger partial charge in [0.1, 0.15) is 6.61 Å². The Bertz CT molecular complexity index is 209. The number of hydrogen-bond donors (Lipinski definition) is 0. The minimum absolute atomic E-state index is 0.163. The van der Waals surface area contributed by atoms with Crippen LogP contribution >= 0.6 is 23.6 Å². The predicted molar refractivity (Wildman–Crippen MR) is 58.0 cm³/mol. The average molecular weight is 242 g/mol. The molecule has 0 spiro atoms. The van der Waals surface area contributed by atoms with Gasteiger partial charge in [-0.15, -0.1) is 3.94 Å². The van der Waals surface area contributed by atoms with Crippen LogP contribution in [0.3, 0.4) is 0 Å². The second kappa shape index (κ2) is 4.69. The summed E-state index contributed by atoms with van der Waals surface area (Å²) in [5.41, 5.74) is -1.08. The molecule has 0 aromatic rings. The van der Waals surface area contributed by atoms with Crippen molar-refractivity contribution in [2.45, 2.75) is 40.2 Å². The van der Waals surface area contributed by atoms with Gasteiger partial charge in [-0.1, -0.05) is 0 Å². The smallest absolute Gasteiger partial charge is 0.311 e. The molecule has 3 nitrogen and oxygen atoms in total. The van der Waals surface area contributed by atoms with E-state index in [4.69, 9.17) is 28.3 Å². The third kappa shape index (κ3) is 4.49. The Kier molecular flexibility index (Phi) is 4.69. The van der Waals surface area contributed by atoms with E-state index < -0.39 is 11.0 Å². The minimum Gasteiger partial charge on any atom is -0.463 e. The number of esters is 1. The van der Waals surface area contributed by atoms with Crippen LogP contribution in [-0.4, -0.2) is 22.1 Å². The van der Waals surface area contributed by atoms with Gasteiger partial charge in [-0.05, 0) is 58.2 Å². The van der Waals surface area contributed by atoms with Crippen LogP contribution in [0.1, 0.15) is 34.6 Å². The van der Waals surface area contributed by atoms with Gasteiger partial charge in [0.15, 0.2) is 0 Å². The van der Waals surface area contributed by atoms with Gasteiger partial charge in [0.05, 0.1) is 11.0 Å². The second-order valence-corrected chi connectivity index (χ2v) is 5.72. The van der Waals surface area contributed by atoms with Gasteiger partial charge in [-0.25, -0.2) is 0 Å². The summed E-state index contributed by atoms with van der Waals surface area (Å²) in [4.78, 5) is 11.4. The zero-order valence-electron chi connectivity index (χ0n) is 9.23. The van der Waals surface area contributed by atoms with E-state index in [-0.39, 0.29) is 12.6 Å². The van der Waals surface area contributed by atoms with Gasteiger partial charge in [-0.2, -0.15) is 0 Å². The number of carbonyl (C=O) groups excluding carboxylic acids is 1. The molecule has 0 unspecified atom stereocenters. The van der Waals surface area contributed by atoms with Crippen molar-refractivity contribution in [3.8, 4) is 0 Å². The molecular formula is C9H17Cl2NO2. The first-order valence-corrected chi connectivity index (χ1v) is 5.04. The molecule has 0 aromatic carbocycles. The van der Waals surface area contributed by atoms with Crippen LogP contribution in [-0.2, 0) is 9.53 Å². The molecule has 0 atom stereocenters. The molecule has 5 heteroatoms. The molecule has 0 saturated carbocycles. The van der Waals surface area contributed by atoms with Gasteiger partial charge in [0, 0.05) is 0 Å². The normalized spacial score (nSPS) is 13.1. The molecule has 0 aliphatic rings. The van der Waals surface area contributed by atoms with Crippen LogP contribution in [0.5, 0.6) is 0 Å². The van der Waals surface area contributed by atoms with Crippen molar-refractivity contribution >= 4 is 29.5 Å². The van der Waals surface area contributed by atoms with Crippen molar-refractivity contribution in [1.82, 2.24) is 3.94 Å². The molecule has 0 radical (unpaired) electrons. The zero-order chi connectivity index (χ0) is 11.6. The molecular weight excluding hydrogens is 225 g/mol. The van der Waals surface area contributed by atoms with Crippen LogP contribution in [0.4, 0.5) is 0 Å². The summed E-state index contributed by atoms with van der Waals surface area (Å²) in [5, 5.41) is 0. The lowest BCUT2D eigenvalue weighted by Crippen LogP contribution is -2.39. The summed E-state index contributed by atoms with van der Waals surface area (Å²) < 4.78 is 6.07. The maximum Gasteiger partial charge on any atom is 0.311 e. The molecule has 0 aromatic heterocycles. The Labute approximate surface area is 95.5 Å². The molecule has 0 fully saturated rings. The Balaban J connectivity index is 4.14.